The van der Waals surface area contributed by atoms with Gasteiger partial charge in [0, 0.05) is 10.6 Å². The van der Waals surface area contributed by atoms with Crippen LogP contribution in [-0.2, 0) is 29.3 Å². The van der Waals surface area contributed by atoms with Crippen molar-refractivity contribution in [1.82, 2.24) is 28.5 Å². The first kappa shape index (κ1) is 28.1. The summed E-state index contributed by atoms with van der Waals surface area (Å²) in [6, 6.07) is 17.7. The van der Waals surface area contributed by atoms with Crippen molar-refractivity contribution in [2.75, 3.05) is 7.11 Å². The Hall–Kier alpha value is -4.43. The van der Waals surface area contributed by atoms with Gasteiger partial charge in [-0.1, -0.05) is 46.0 Å². The highest BCUT2D eigenvalue weighted by Crippen LogP contribution is 2.32. The van der Waals surface area contributed by atoms with Crippen LogP contribution in [0.3, 0.4) is 0 Å². The van der Waals surface area contributed by atoms with Crippen molar-refractivity contribution < 1.29 is 26.3 Å². The minimum atomic E-state index is -4.81. The quantitative estimate of drug-likeness (QED) is 0.259. The van der Waals surface area contributed by atoms with Gasteiger partial charge in [0.25, 0.3) is 5.16 Å². The van der Waals surface area contributed by atoms with Crippen molar-refractivity contribution >= 4 is 21.6 Å². The molecule has 0 unspecified atom stereocenters. The Morgan fingerprint density at radius 3 is 2.29 bits per heavy atom. The number of halogens is 4. The molecule has 0 aliphatic carbocycles. The molecular formula is C26H20ClF3N6O4S. The number of hydrogen-bond donors (Lipinski definition) is 0. The second kappa shape index (κ2) is 10.9. The Morgan fingerprint density at radius 1 is 0.951 bits per heavy atom. The van der Waals surface area contributed by atoms with Gasteiger partial charge in [0.1, 0.15) is 12.1 Å². The maximum absolute atomic E-state index is 13.7. The maximum atomic E-state index is 13.7. The summed E-state index contributed by atoms with van der Waals surface area (Å²) in [6.07, 6.45) is -3.80. The summed E-state index contributed by atoms with van der Waals surface area (Å²) in [5.41, 5.74) is -1.16. The number of rotatable bonds is 8. The SMILES string of the molecule is COc1ccc(Cn2c(-c3ccc(Cl)cc3)nn(S(=O)(=O)c3ncnn3Cc3ccccc3C(F)(F)F)c2=O)cc1. The molecule has 0 spiro atoms. The smallest absolute Gasteiger partial charge is 0.416 e. The van der Waals surface area contributed by atoms with Crippen molar-refractivity contribution in [2.45, 2.75) is 24.4 Å². The van der Waals surface area contributed by atoms with Crippen LogP contribution in [0.1, 0.15) is 16.7 Å². The van der Waals surface area contributed by atoms with Crippen molar-refractivity contribution in [3.63, 3.8) is 0 Å². The van der Waals surface area contributed by atoms with E-state index in [0.29, 0.717) is 21.9 Å². The van der Waals surface area contributed by atoms with E-state index >= 15 is 0 Å². The van der Waals surface area contributed by atoms with E-state index in [1.165, 1.54) is 25.3 Å². The zero-order valence-corrected chi connectivity index (χ0v) is 22.7. The molecule has 0 amide bonds. The number of alkyl halides is 3. The Balaban J connectivity index is 1.60. The van der Waals surface area contributed by atoms with Crippen LogP contribution in [0.25, 0.3) is 11.4 Å². The molecule has 15 heteroatoms. The average molecular weight is 605 g/mol. The molecule has 0 atom stereocenters. The van der Waals surface area contributed by atoms with Crippen LogP contribution in [0.15, 0.2) is 89.1 Å². The largest absolute Gasteiger partial charge is 0.497 e. The minimum Gasteiger partial charge on any atom is -0.497 e. The lowest BCUT2D eigenvalue weighted by Gasteiger charge is -2.13. The van der Waals surface area contributed by atoms with Gasteiger partial charge < -0.3 is 4.74 Å². The van der Waals surface area contributed by atoms with Crippen LogP contribution in [0, 0.1) is 0 Å². The Labute approximate surface area is 236 Å². The molecule has 0 radical (unpaired) electrons. The first-order chi connectivity index (χ1) is 19.5. The van der Waals surface area contributed by atoms with Crippen LogP contribution >= 0.6 is 11.6 Å². The molecule has 10 nitrogen and oxygen atoms in total. The van der Waals surface area contributed by atoms with Gasteiger partial charge in [-0.25, -0.2) is 14.5 Å². The van der Waals surface area contributed by atoms with E-state index in [0.717, 1.165) is 21.6 Å². The number of hydrogen-bond acceptors (Lipinski definition) is 7. The van der Waals surface area contributed by atoms with Crippen molar-refractivity contribution in [1.29, 1.82) is 0 Å². The van der Waals surface area contributed by atoms with Gasteiger partial charge in [0.15, 0.2) is 5.82 Å². The van der Waals surface area contributed by atoms with Gasteiger partial charge in [0.05, 0.1) is 25.8 Å². The third-order valence-electron chi connectivity index (χ3n) is 6.12. The van der Waals surface area contributed by atoms with Crippen molar-refractivity contribution in [3.05, 3.63) is 111 Å². The molecule has 2 heterocycles. The number of aromatic nitrogens is 6. The highest BCUT2D eigenvalue weighted by Gasteiger charge is 2.35. The summed E-state index contributed by atoms with van der Waals surface area (Å²) >= 11 is 6.01. The van der Waals surface area contributed by atoms with Crippen molar-refractivity contribution in [2.24, 2.45) is 0 Å². The molecule has 0 bridgehead atoms. The van der Waals surface area contributed by atoms with Gasteiger partial charge in [0.2, 0.25) is 0 Å². The first-order valence-corrected chi connectivity index (χ1v) is 13.7. The van der Waals surface area contributed by atoms with E-state index in [2.05, 4.69) is 15.2 Å². The van der Waals surface area contributed by atoms with E-state index < -0.39 is 39.2 Å². The number of nitrogens with zero attached hydrogens (tertiary/aromatic N) is 6. The normalized spacial score (nSPS) is 12.0. The number of methoxy groups -OCH3 is 1. The summed E-state index contributed by atoms with van der Waals surface area (Å²) in [6.45, 7) is -0.627. The predicted molar refractivity (Wildman–Crippen MR) is 142 cm³/mol. The van der Waals surface area contributed by atoms with Gasteiger partial charge in [-0.15, -0.1) is 5.10 Å². The molecule has 0 saturated heterocycles. The van der Waals surface area contributed by atoms with E-state index in [4.69, 9.17) is 16.3 Å². The van der Waals surface area contributed by atoms with Crippen LogP contribution in [-0.4, -0.2) is 44.0 Å². The third kappa shape index (κ3) is 5.60. The van der Waals surface area contributed by atoms with E-state index in [1.54, 1.807) is 48.5 Å². The fraction of sp³-hybridized carbons (Fsp3) is 0.154. The lowest BCUT2D eigenvalue weighted by Crippen LogP contribution is -2.32. The van der Waals surface area contributed by atoms with Crippen LogP contribution in [0.5, 0.6) is 5.75 Å². The van der Waals surface area contributed by atoms with E-state index in [9.17, 15) is 26.4 Å². The highest BCUT2D eigenvalue weighted by molar-refractivity contribution is 7.89. The monoisotopic (exact) mass is 604 g/mol. The fourth-order valence-electron chi connectivity index (χ4n) is 4.14. The van der Waals surface area contributed by atoms with Gasteiger partial charge >= 0.3 is 21.9 Å². The maximum Gasteiger partial charge on any atom is 0.416 e. The minimum absolute atomic E-state index is 0.0135. The molecule has 212 valence electrons. The molecule has 2 aromatic heterocycles. The van der Waals surface area contributed by atoms with E-state index in [-0.39, 0.29) is 22.0 Å². The molecule has 5 rings (SSSR count). The number of benzene rings is 3. The standard InChI is InChI=1S/C26H20ClF3N6O4S/c1-40-21-12-6-17(7-13-21)14-34-23(18-8-10-20(27)11-9-18)33-36(25(34)37)41(38,39)24-31-16-32-35(24)15-19-4-2-3-5-22(19)26(28,29)30/h2-13,16H,14-15H2,1H3. The lowest BCUT2D eigenvalue weighted by atomic mass is 10.1. The van der Waals surface area contributed by atoms with Crippen LogP contribution in [0.2, 0.25) is 5.02 Å². The van der Waals surface area contributed by atoms with Gasteiger partial charge in [-0.2, -0.15) is 26.7 Å². The molecule has 0 N–H and O–H groups in total. The molecule has 0 aliphatic rings. The summed E-state index contributed by atoms with van der Waals surface area (Å²) in [4.78, 5) is 17.3. The fourth-order valence-corrected chi connectivity index (χ4v) is 5.47. The first-order valence-electron chi connectivity index (χ1n) is 11.9. The highest BCUT2D eigenvalue weighted by atomic mass is 35.5. The van der Waals surface area contributed by atoms with Gasteiger partial charge in [-0.05, 0) is 53.6 Å². The summed E-state index contributed by atoms with van der Waals surface area (Å²) in [5.74, 6) is 0.600. The zero-order chi connectivity index (χ0) is 29.4. The molecule has 0 saturated carbocycles. The molecule has 5 aromatic rings. The average Bonchev–Trinajstić information content (AvgIpc) is 3.55. The summed E-state index contributed by atoms with van der Waals surface area (Å²) in [5, 5.41) is 7.60. The Kier molecular flexibility index (Phi) is 7.44. The van der Waals surface area contributed by atoms with Crippen LogP contribution in [0.4, 0.5) is 13.2 Å². The topological polar surface area (TPSA) is 114 Å². The third-order valence-corrected chi connectivity index (χ3v) is 7.84. The molecular weight excluding hydrogens is 585 g/mol. The second-order valence-corrected chi connectivity index (χ2v) is 10.8. The Bertz CT molecular complexity index is 1860. The summed E-state index contributed by atoms with van der Waals surface area (Å²) < 4.78 is 75.4. The second-order valence-electron chi connectivity index (χ2n) is 8.75. The Morgan fingerprint density at radius 2 is 1.63 bits per heavy atom. The van der Waals surface area contributed by atoms with Gasteiger partial charge in [-0.3, -0.25) is 4.57 Å². The lowest BCUT2D eigenvalue weighted by molar-refractivity contribution is -0.138. The zero-order valence-electron chi connectivity index (χ0n) is 21.2. The van der Waals surface area contributed by atoms with Crippen molar-refractivity contribution in [3.8, 4) is 17.1 Å². The van der Waals surface area contributed by atoms with E-state index in [1.807, 2.05) is 0 Å². The predicted octanol–water partition coefficient (Wildman–Crippen LogP) is 4.32. The molecule has 41 heavy (non-hydrogen) atoms. The molecule has 0 fully saturated rings. The molecule has 0 aliphatic heterocycles. The van der Waals surface area contributed by atoms with Crippen LogP contribution < -0.4 is 10.4 Å². The molecule has 3 aromatic carbocycles. The summed E-state index contributed by atoms with van der Waals surface area (Å²) in [7, 11) is -3.30. The number of ether oxygens (including phenoxy) is 1.